The van der Waals surface area contributed by atoms with Gasteiger partial charge in [-0.25, -0.2) is 0 Å². The number of aliphatic hydroxyl groups excluding tert-OH is 1. The number of hydrogen-bond acceptors (Lipinski definition) is 1. The van der Waals surface area contributed by atoms with Gasteiger partial charge < -0.3 is 5.11 Å². The fourth-order valence-electron chi connectivity index (χ4n) is 1.21. The van der Waals surface area contributed by atoms with Gasteiger partial charge in [-0.15, -0.1) is 0 Å². The molecule has 0 aliphatic carbocycles. The summed E-state index contributed by atoms with van der Waals surface area (Å²) < 4.78 is 0. The van der Waals surface area contributed by atoms with E-state index in [0.717, 1.165) is 22.6 Å². The second-order valence-electron chi connectivity index (χ2n) is 2.88. The molecule has 0 saturated carbocycles. The van der Waals surface area contributed by atoms with Crippen molar-refractivity contribution in [1.29, 1.82) is 0 Å². The quantitative estimate of drug-likeness (QED) is 0.749. The van der Waals surface area contributed by atoms with Crippen LogP contribution in [0.15, 0.2) is 18.2 Å². The molecule has 1 aromatic rings. The van der Waals surface area contributed by atoms with Gasteiger partial charge in [-0.1, -0.05) is 30.7 Å². The highest BCUT2D eigenvalue weighted by atomic mass is 35.5. The van der Waals surface area contributed by atoms with E-state index in [2.05, 4.69) is 0 Å². The summed E-state index contributed by atoms with van der Waals surface area (Å²) in [7, 11) is 0. The minimum absolute atomic E-state index is 0.385. The van der Waals surface area contributed by atoms with Crippen molar-refractivity contribution in [2.45, 2.75) is 26.4 Å². The Bertz CT molecular complexity index is 271. The fourth-order valence-corrected chi connectivity index (χ4v) is 1.39. The van der Waals surface area contributed by atoms with Crippen LogP contribution >= 0.6 is 11.6 Å². The summed E-state index contributed by atoms with van der Waals surface area (Å²) >= 11 is 5.90. The van der Waals surface area contributed by atoms with E-state index >= 15 is 0 Å². The van der Waals surface area contributed by atoms with Crippen molar-refractivity contribution in [2.75, 3.05) is 0 Å². The van der Waals surface area contributed by atoms with Crippen LogP contribution < -0.4 is 0 Å². The van der Waals surface area contributed by atoms with Gasteiger partial charge >= 0.3 is 0 Å². The molecule has 0 spiro atoms. The lowest BCUT2D eigenvalue weighted by Gasteiger charge is -2.11. The molecule has 1 aromatic carbocycles. The SMILES string of the molecule is CCC(O)c1cccc(Cl)c1C. The van der Waals surface area contributed by atoms with Crippen molar-refractivity contribution in [3.05, 3.63) is 34.3 Å². The summed E-state index contributed by atoms with van der Waals surface area (Å²) in [5.41, 5.74) is 1.92. The molecule has 0 radical (unpaired) electrons. The monoisotopic (exact) mass is 184 g/mol. The van der Waals surface area contributed by atoms with Crippen molar-refractivity contribution in [3.8, 4) is 0 Å². The summed E-state index contributed by atoms with van der Waals surface area (Å²) in [5.74, 6) is 0. The first-order chi connectivity index (χ1) is 5.66. The standard InChI is InChI=1S/C10H13ClO/c1-3-10(12)8-5-4-6-9(11)7(8)2/h4-6,10,12H,3H2,1-2H3. The number of hydrogen-bond donors (Lipinski definition) is 1. The molecule has 1 N–H and O–H groups in total. The number of halogens is 1. The third-order valence-electron chi connectivity index (χ3n) is 2.06. The molecule has 0 fully saturated rings. The minimum atomic E-state index is -0.385. The zero-order valence-corrected chi connectivity index (χ0v) is 8.10. The van der Waals surface area contributed by atoms with Gasteiger partial charge in [0.1, 0.15) is 0 Å². The van der Waals surface area contributed by atoms with E-state index < -0.39 is 0 Å². The largest absolute Gasteiger partial charge is 0.388 e. The lowest BCUT2D eigenvalue weighted by atomic mass is 10.0. The molecule has 2 heteroatoms. The molecule has 0 amide bonds. The Labute approximate surface area is 78.0 Å². The van der Waals surface area contributed by atoms with Crippen LogP contribution in [0.3, 0.4) is 0 Å². The maximum atomic E-state index is 9.58. The molecular weight excluding hydrogens is 172 g/mol. The molecule has 66 valence electrons. The highest BCUT2D eigenvalue weighted by Gasteiger charge is 2.08. The fraction of sp³-hybridized carbons (Fsp3) is 0.400. The smallest absolute Gasteiger partial charge is 0.0790 e. The molecule has 0 heterocycles. The van der Waals surface area contributed by atoms with Gasteiger partial charge in [0.25, 0.3) is 0 Å². The van der Waals surface area contributed by atoms with Gasteiger partial charge in [-0.05, 0) is 30.5 Å². The third-order valence-corrected chi connectivity index (χ3v) is 2.46. The highest BCUT2D eigenvalue weighted by Crippen LogP contribution is 2.25. The summed E-state index contributed by atoms with van der Waals surface area (Å²) in [6.45, 7) is 3.88. The van der Waals surface area contributed by atoms with Gasteiger partial charge in [0.2, 0.25) is 0 Å². The molecule has 0 bridgehead atoms. The topological polar surface area (TPSA) is 20.2 Å². The Morgan fingerprint density at radius 1 is 1.50 bits per heavy atom. The zero-order valence-electron chi connectivity index (χ0n) is 7.34. The Hall–Kier alpha value is -0.530. The van der Waals surface area contributed by atoms with Gasteiger partial charge in [0.15, 0.2) is 0 Å². The molecule has 1 rings (SSSR count). The average molecular weight is 185 g/mol. The number of aliphatic hydroxyl groups is 1. The summed E-state index contributed by atoms with van der Waals surface area (Å²) in [6, 6.07) is 5.61. The van der Waals surface area contributed by atoms with Crippen molar-refractivity contribution in [3.63, 3.8) is 0 Å². The van der Waals surface area contributed by atoms with E-state index in [9.17, 15) is 5.11 Å². The molecule has 0 aromatic heterocycles. The van der Waals surface area contributed by atoms with Gasteiger partial charge in [-0.2, -0.15) is 0 Å². The molecule has 1 unspecified atom stereocenters. The normalized spacial score (nSPS) is 13.0. The van der Waals surface area contributed by atoms with E-state index in [1.807, 2.05) is 32.0 Å². The predicted molar refractivity (Wildman–Crippen MR) is 51.4 cm³/mol. The van der Waals surface area contributed by atoms with E-state index in [1.165, 1.54) is 0 Å². The van der Waals surface area contributed by atoms with Crippen LogP contribution in [0.5, 0.6) is 0 Å². The first-order valence-corrected chi connectivity index (χ1v) is 4.47. The Balaban J connectivity index is 3.07. The van der Waals surface area contributed by atoms with E-state index in [4.69, 9.17) is 11.6 Å². The van der Waals surface area contributed by atoms with Crippen LogP contribution in [0.1, 0.15) is 30.6 Å². The second kappa shape index (κ2) is 3.92. The van der Waals surface area contributed by atoms with E-state index in [0.29, 0.717) is 0 Å². The van der Waals surface area contributed by atoms with Gasteiger partial charge in [0.05, 0.1) is 6.10 Å². The first-order valence-electron chi connectivity index (χ1n) is 4.10. The summed E-state index contributed by atoms with van der Waals surface area (Å²) in [6.07, 6.45) is 0.338. The lowest BCUT2D eigenvalue weighted by molar-refractivity contribution is 0.173. The second-order valence-corrected chi connectivity index (χ2v) is 3.29. The Morgan fingerprint density at radius 3 is 2.75 bits per heavy atom. The Morgan fingerprint density at radius 2 is 2.17 bits per heavy atom. The van der Waals surface area contributed by atoms with Crippen LogP contribution in [-0.4, -0.2) is 5.11 Å². The maximum Gasteiger partial charge on any atom is 0.0790 e. The molecule has 0 aliphatic heterocycles. The van der Waals surface area contributed by atoms with Crippen molar-refractivity contribution < 1.29 is 5.11 Å². The van der Waals surface area contributed by atoms with Crippen LogP contribution in [-0.2, 0) is 0 Å². The molecular formula is C10H13ClO. The number of benzene rings is 1. The van der Waals surface area contributed by atoms with E-state index in [-0.39, 0.29) is 6.10 Å². The van der Waals surface area contributed by atoms with Crippen molar-refractivity contribution in [2.24, 2.45) is 0 Å². The first kappa shape index (κ1) is 9.56. The predicted octanol–water partition coefficient (Wildman–Crippen LogP) is 3.09. The molecule has 12 heavy (non-hydrogen) atoms. The highest BCUT2D eigenvalue weighted by molar-refractivity contribution is 6.31. The molecule has 1 atom stereocenters. The van der Waals surface area contributed by atoms with E-state index in [1.54, 1.807) is 0 Å². The average Bonchev–Trinajstić information content (AvgIpc) is 2.08. The van der Waals surface area contributed by atoms with Crippen LogP contribution in [0.2, 0.25) is 5.02 Å². The van der Waals surface area contributed by atoms with Gasteiger partial charge in [-0.3, -0.25) is 0 Å². The molecule has 0 saturated heterocycles. The van der Waals surface area contributed by atoms with Crippen molar-refractivity contribution in [1.82, 2.24) is 0 Å². The maximum absolute atomic E-state index is 9.58. The van der Waals surface area contributed by atoms with Crippen LogP contribution in [0, 0.1) is 6.92 Å². The number of rotatable bonds is 2. The Kier molecular flexibility index (Phi) is 3.12. The lowest BCUT2D eigenvalue weighted by Crippen LogP contribution is -1.98. The zero-order chi connectivity index (χ0) is 9.14. The van der Waals surface area contributed by atoms with Gasteiger partial charge in [0, 0.05) is 5.02 Å². The molecule has 0 aliphatic rings. The minimum Gasteiger partial charge on any atom is -0.388 e. The third kappa shape index (κ3) is 1.79. The van der Waals surface area contributed by atoms with Crippen LogP contribution in [0.25, 0.3) is 0 Å². The van der Waals surface area contributed by atoms with Crippen molar-refractivity contribution >= 4 is 11.6 Å². The summed E-state index contributed by atoms with van der Waals surface area (Å²) in [5, 5.41) is 10.3. The van der Waals surface area contributed by atoms with Crippen LogP contribution in [0.4, 0.5) is 0 Å². The summed E-state index contributed by atoms with van der Waals surface area (Å²) in [4.78, 5) is 0. The molecule has 1 nitrogen and oxygen atoms in total.